The lowest BCUT2D eigenvalue weighted by atomic mass is 9.68. The molecule has 0 bridgehead atoms. The minimum atomic E-state index is -1.50. The fourth-order valence-corrected chi connectivity index (χ4v) is 2.86. The van der Waals surface area contributed by atoms with Gasteiger partial charge in [0.1, 0.15) is 11.5 Å². The number of urea groups is 1. The Balaban J connectivity index is 2.65. The second kappa shape index (κ2) is 11.1. The van der Waals surface area contributed by atoms with E-state index in [0.29, 0.717) is 19.4 Å². The highest BCUT2D eigenvalue weighted by molar-refractivity contribution is 6.04. The average molecular weight is 399 g/mol. The summed E-state index contributed by atoms with van der Waals surface area (Å²) in [4.78, 5) is 58.6. The molecule has 0 heterocycles. The number of aliphatic carboxylic acids is 1. The normalized spacial score (nSPS) is 15.5. The molecule has 0 aromatic heterocycles. The first-order chi connectivity index (χ1) is 13.2. The third-order valence-corrected chi connectivity index (χ3v) is 4.67. The van der Waals surface area contributed by atoms with Crippen molar-refractivity contribution in [1.82, 2.24) is 21.3 Å². The van der Waals surface area contributed by atoms with Gasteiger partial charge in [0.2, 0.25) is 17.7 Å². The molecule has 7 N–H and O–H groups in total. The number of nitrogens with one attached hydrogen (secondary N) is 4. The number of carbonyl (C=O) groups excluding carboxylic acids is 4. The Hall–Kier alpha value is -2.85. The van der Waals surface area contributed by atoms with Crippen LogP contribution in [-0.4, -0.2) is 60.5 Å². The molecule has 1 rings (SSSR count). The molecule has 11 heteroatoms. The summed E-state index contributed by atoms with van der Waals surface area (Å²) in [5, 5.41) is 19.4. The van der Waals surface area contributed by atoms with E-state index in [0.717, 1.165) is 0 Å². The van der Waals surface area contributed by atoms with E-state index in [2.05, 4.69) is 21.3 Å². The Kier molecular flexibility index (Phi) is 9.19. The summed E-state index contributed by atoms with van der Waals surface area (Å²) in [5.74, 6) is -2.63. The second-order valence-electron chi connectivity index (χ2n) is 6.69. The Morgan fingerprint density at radius 1 is 1.07 bits per heavy atom. The van der Waals surface area contributed by atoms with Crippen LogP contribution >= 0.6 is 0 Å². The van der Waals surface area contributed by atoms with Crippen molar-refractivity contribution >= 4 is 29.7 Å². The molecule has 158 valence electrons. The average Bonchev–Trinajstić information content (AvgIpc) is 2.56. The lowest BCUT2D eigenvalue weighted by molar-refractivity contribution is -0.163. The third kappa shape index (κ3) is 6.71. The van der Waals surface area contributed by atoms with Crippen molar-refractivity contribution in [1.29, 1.82) is 0 Å². The zero-order chi connectivity index (χ0) is 21.2. The van der Waals surface area contributed by atoms with Crippen LogP contribution in [0.4, 0.5) is 4.79 Å². The molecule has 0 aromatic rings. The van der Waals surface area contributed by atoms with Gasteiger partial charge in [0.05, 0.1) is 0 Å². The SMILES string of the molecule is CCNC(=O)CCNC(=O)[C@H](CCCNC(N)=O)NC(=O)C1(C(=O)O)CCC1. The van der Waals surface area contributed by atoms with Gasteiger partial charge in [-0.05, 0) is 32.6 Å². The third-order valence-electron chi connectivity index (χ3n) is 4.67. The van der Waals surface area contributed by atoms with Crippen LogP contribution in [0.2, 0.25) is 0 Å². The summed E-state index contributed by atoms with van der Waals surface area (Å²) in [6.45, 7) is 2.55. The predicted molar refractivity (Wildman–Crippen MR) is 99.0 cm³/mol. The van der Waals surface area contributed by atoms with Crippen molar-refractivity contribution in [2.24, 2.45) is 11.1 Å². The Morgan fingerprint density at radius 3 is 2.25 bits per heavy atom. The molecule has 28 heavy (non-hydrogen) atoms. The molecule has 0 spiro atoms. The zero-order valence-corrected chi connectivity index (χ0v) is 16.0. The fourth-order valence-electron chi connectivity index (χ4n) is 2.86. The van der Waals surface area contributed by atoms with Gasteiger partial charge < -0.3 is 32.1 Å². The number of carboxylic acid groups (broad SMARTS) is 1. The van der Waals surface area contributed by atoms with Crippen molar-refractivity contribution in [3.05, 3.63) is 0 Å². The highest BCUT2D eigenvalue weighted by atomic mass is 16.4. The van der Waals surface area contributed by atoms with E-state index < -0.39 is 35.3 Å². The quantitative estimate of drug-likeness (QED) is 0.177. The highest BCUT2D eigenvalue weighted by Crippen LogP contribution is 2.41. The minimum absolute atomic E-state index is 0.0840. The van der Waals surface area contributed by atoms with Crippen LogP contribution in [0, 0.1) is 5.41 Å². The van der Waals surface area contributed by atoms with Crippen molar-refractivity contribution in [3.8, 4) is 0 Å². The number of carboxylic acids is 1. The van der Waals surface area contributed by atoms with Crippen LogP contribution in [-0.2, 0) is 19.2 Å². The van der Waals surface area contributed by atoms with E-state index in [-0.39, 0.29) is 44.7 Å². The number of hydrogen-bond acceptors (Lipinski definition) is 5. The number of primary amides is 1. The molecule has 1 fully saturated rings. The molecular formula is C17H29N5O6. The maximum Gasteiger partial charge on any atom is 0.319 e. The molecule has 11 nitrogen and oxygen atoms in total. The van der Waals surface area contributed by atoms with Gasteiger partial charge in [-0.1, -0.05) is 6.42 Å². The fraction of sp³-hybridized carbons (Fsp3) is 0.706. The number of rotatable bonds is 12. The molecule has 5 amide bonds. The van der Waals surface area contributed by atoms with Gasteiger partial charge in [0.25, 0.3) is 0 Å². The van der Waals surface area contributed by atoms with Gasteiger partial charge in [-0.3, -0.25) is 19.2 Å². The number of hydrogen-bond donors (Lipinski definition) is 6. The molecule has 0 aliphatic heterocycles. The van der Waals surface area contributed by atoms with E-state index in [1.807, 2.05) is 0 Å². The molecule has 0 aromatic carbocycles. The number of nitrogens with two attached hydrogens (primary N) is 1. The molecule has 1 aliphatic carbocycles. The first-order valence-electron chi connectivity index (χ1n) is 9.35. The van der Waals surface area contributed by atoms with E-state index in [9.17, 15) is 29.1 Å². The summed E-state index contributed by atoms with van der Waals surface area (Å²) in [7, 11) is 0. The van der Waals surface area contributed by atoms with Crippen molar-refractivity contribution in [2.75, 3.05) is 19.6 Å². The Bertz CT molecular complexity index is 605. The molecule has 1 saturated carbocycles. The Labute approximate surface area is 163 Å². The van der Waals surface area contributed by atoms with Crippen LogP contribution in [0.15, 0.2) is 0 Å². The van der Waals surface area contributed by atoms with Crippen LogP contribution in [0.25, 0.3) is 0 Å². The lowest BCUT2D eigenvalue weighted by Crippen LogP contribution is -2.56. The van der Waals surface area contributed by atoms with Gasteiger partial charge in [-0.25, -0.2) is 4.79 Å². The first kappa shape index (κ1) is 23.2. The summed E-state index contributed by atoms with van der Waals surface area (Å²) >= 11 is 0. The molecule has 0 unspecified atom stereocenters. The molecular weight excluding hydrogens is 370 g/mol. The molecule has 1 atom stereocenters. The highest BCUT2D eigenvalue weighted by Gasteiger charge is 2.51. The lowest BCUT2D eigenvalue weighted by Gasteiger charge is -2.36. The standard InChI is InChI=1S/C17H29N5O6/c1-2-19-12(23)6-10-20-13(24)11(5-3-9-21-16(18)28)22-14(25)17(15(26)27)7-4-8-17/h11H,2-10H2,1H3,(H,19,23)(H,20,24)(H,22,25)(H,26,27)(H3,18,21,28)/t11-/m0/s1. The van der Waals surface area contributed by atoms with Gasteiger partial charge in [0.15, 0.2) is 0 Å². The summed E-state index contributed by atoms with van der Waals surface area (Å²) in [5.41, 5.74) is 3.49. The largest absolute Gasteiger partial charge is 0.480 e. The summed E-state index contributed by atoms with van der Waals surface area (Å²) in [6.07, 6.45) is 1.69. The van der Waals surface area contributed by atoms with Gasteiger partial charge in [-0.2, -0.15) is 0 Å². The van der Waals surface area contributed by atoms with Crippen molar-refractivity contribution in [2.45, 2.75) is 51.5 Å². The molecule has 0 radical (unpaired) electrons. The zero-order valence-electron chi connectivity index (χ0n) is 16.0. The predicted octanol–water partition coefficient (Wildman–Crippen LogP) is -1.18. The molecule has 1 aliphatic rings. The summed E-state index contributed by atoms with van der Waals surface area (Å²) in [6, 6.07) is -1.68. The first-order valence-corrected chi connectivity index (χ1v) is 9.35. The second-order valence-corrected chi connectivity index (χ2v) is 6.69. The van der Waals surface area contributed by atoms with Gasteiger partial charge in [-0.15, -0.1) is 0 Å². The van der Waals surface area contributed by atoms with E-state index in [1.54, 1.807) is 6.92 Å². The number of amides is 5. The van der Waals surface area contributed by atoms with Crippen molar-refractivity contribution in [3.63, 3.8) is 0 Å². The Morgan fingerprint density at radius 2 is 1.75 bits per heavy atom. The minimum Gasteiger partial charge on any atom is -0.480 e. The van der Waals surface area contributed by atoms with Crippen molar-refractivity contribution < 1.29 is 29.1 Å². The maximum absolute atomic E-state index is 12.5. The summed E-state index contributed by atoms with van der Waals surface area (Å²) < 4.78 is 0. The van der Waals surface area contributed by atoms with Gasteiger partial charge in [0, 0.05) is 26.1 Å². The van der Waals surface area contributed by atoms with Gasteiger partial charge >= 0.3 is 12.0 Å². The molecule has 0 saturated heterocycles. The van der Waals surface area contributed by atoms with Crippen LogP contribution in [0.1, 0.15) is 45.4 Å². The van der Waals surface area contributed by atoms with E-state index >= 15 is 0 Å². The topological polar surface area (TPSA) is 180 Å². The monoisotopic (exact) mass is 399 g/mol. The smallest absolute Gasteiger partial charge is 0.319 e. The van der Waals surface area contributed by atoms with Crippen LogP contribution < -0.4 is 27.0 Å². The van der Waals surface area contributed by atoms with E-state index in [1.165, 1.54) is 0 Å². The van der Waals surface area contributed by atoms with E-state index in [4.69, 9.17) is 5.73 Å². The number of carbonyl (C=O) groups is 5. The van der Waals surface area contributed by atoms with Crippen LogP contribution in [0.5, 0.6) is 0 Å². The maximum atomic E-state index is 12.5. The van der Waals surface area contributed by atoms with Crippen LogP contribution in [0.3, 0.4) is 0 Å².